The number of phenols is 2. The molecule has 6 N–H and O–H groups in total. The number of hydrogen-bond acceptors (Lipinski definition) is 4. The Kier molecular flexibility index (Phi) is 2.87. The van der Waals surface area contributed by atoms with Crippen molar-refractivity contribution in [3.63, 3.8) is 0 Å². The van der Waals surface area contributed by atoms with Gasteiger partial charge in [-0.3, -0.25) is 0 Å². The summed E-state index contributed by atoms with van der Waals surface area (Å²) in [5.74, 6) is -0.309. The topological polar surface area (TPSA) is 92.5 Å². The van der Waals surface area contributed by atoms with Gasteiger partial charge < -0.3 is 21.7 Å². The van der Waals surface area contributed by atoms with E-state index in [0.29, 0.717) is 0 Å². The molecular formula is C8H8N2O2S2. The fourth-order valence-corrected chi connectivity index (χ4v) is 1.30. The first kappa shape index (κ1) is 10.7. The highest BCUT2D eigenvalue weighted by atomic mass is 32.1. The molecule has 0 aliphatic rings. The van der Waals surface area contributed by atoms with E-state index in [-0.39, 0.29) is 32.6 Å². The number of thiocarbonyl (C=S) groups is 2. The van der Waals surface area contributed by atoms with Gasteiger partial charge in [0.05, 0.1) is 11.1 Å². The van der Waals surface area contributed by atoms with E-state index < -0.39 is 0 Å². The van der Waals surface area contributed by atoms with Crippen molar-refractivity contribution in [3.8, 4) is 11.5 Å². The van der Waals surface area contributed by atoms with Crippen LogP contribution >= 0.6 is 24.4 Å². The third kappa shape index (κ3) is 1.91. The minimum absolute atomic E-state index is 0.00714. The lowest BCUT2D eigenvalue weighted by Crippen LogP contribution is -2.13. The Morgan fingerprint density at radius 2 is 1.21 bits per heavy atom. The predicted molar refractivity (Wildman–Crippen MR) is 61.5 cm³/mol. The van der Waals surface area contributed by atoms with Crippen molar-refractivity contribution in [1.82, 2.24) is 0 Å². The van der Waals surface area contributed by atoms with Gasteiger partial charge in [-0.1, -0.05) is 24.4 Å². The second-order valence-electron chi connectivity index (χ2n) is 2.62. The fourth-order valence-electron chi connectivity index (χ4n) is 0.972. The Balaban J connectivity index is 3.38. The van der Waals surface area contributed by atoms with Crippen molar-refractivity contribution in [3.05, 3.63) is 23.3 Å². The standard InChI is InChI=1S/C8H8N2O2S2/c9-7(13)3-1-5(11)4(8(10)14)2-6(3)12/h1-2,11-12H,(H2,9,13)(H2,10,14). The van der Waals surface area contributed by atoms with Crippen LogP contribution in [0.5, 0.6) is 11.5 Å². The molecule has 14 heavy (non-hydrogen) atoms. The number of phenolic OH excluding ortho intramolecular Hbond substituents is 2. The molecule has 0 aromatic heterocycles. The molecule has 0 radical (unpaired) electrons. The Labute approximate surface area is 91.1 Å². The third-order valence-corrected chi connectivity index (χ3v) is 2.08. The van der Waals surface area contributed by atoms with Gasteiger partial charge >= 0.3 is 0 Å². The van der Waals surface area contributed by atoms with Crippen molar-refractivity contribution in [2.45, 2.75) is 0 Å². The maximum Gasteiger partial charge on any atom is 0.126 e. The number of rotatable bonds is 2. The molecule has 0 aliphatic carbocycles. The van der Waals surface area contributed by atoms with Gasteiger partial charge in [-0.05, 0) is 12.1 Å². The number of benzene rings is 1. The quantitative estimate of drug-likeness (QED) is 0.431. The van der Waals surface area contributed by atoms with Crippen molar-refractivity contribution in [1.29, 1.82) is 0 Å². The number of aromatic hydroxyl groups is 2. The lowest BCUT2D eigenvalue weighted by atomic mass is 10.1. The molecule has 0 amide bonds. The molecule has 0 aliphatic heterocycles. The average molecular weight is 228 g/mol. The van der Waals surface area contributed by atoms with Crippen LogP contribution in [0.15, 0.2) is 12.1 Å². The summed E-state index contributed by atoms with van der Waals surface area (Å²) in [6.07, 6.45) is 0. The molecule has 0 spiro atoms. The molecular weight excluding hydrogens is 220 g/mol. The van der Waals surface area contributed by atoms with Crippen LogP contribution in [0.1, 0.15) is 11.1 Å². The van der Waals surface area contributed by atoms with E-state index in [1.54, 1.807) is 0 Å². The Bertz CT molecular complexity index is 378. The largest absolute Gasteiger partial charge is 0.507 e. The lowest BCUT2D eigenvalue weighted by Gasteiger charge is -2.07. The van der Waals surface area contributed by atoms with E-state index in [1.807, 2.05) is 0 Å². The molecule has 74 valence electrons. The average Bonchev–Trinajstić information content (AvgIpc) is 2.07. The van der Waals surface area contributed by atoms with Crippen LogP contribution in [0.25, 0.3) is 0 Å². The van der Waals surface area contributed by atoms with Gasteiger partial charge in [-0.25, -0.2) is 0 Å². The molecule has 4 nitrogen and oxygen atoms in total. The first-order valence-corrected chi connectivity index (χ1v) is 4.40. The highest BCUT2D eigenvalue weighted by Gasteiger charge is 2.11. The van der Waals surface area contributed by atoms with Gasteiger partial charge in [0.1, 0.15) is 21.5 Å². The molecule has 1 rings (SSSR count). The number of nitrogens with two attached hydrogens (primary N) is 2. The summed E-state index contributed by atoms with van der Waals surface area (Å²) in [5.41, 5.74) is 11.0. The van der Waals surface area contributed by atoms with E-state index in [1.165, 1.54) is 12.1 Å². The van der Waals surface area contributed by atoms with Gasteiger partial charge in [-0.2, -0.15) is 0 Å². The van der Waals surface area contributed by atoms with Gasteiger partial charge in [0.15, 0.2) is 0 Å². The lowest BCUT2D eigenvalue weighted by molar-refractivity contribution is 0.458. The van der Waals surface area contributed by atoms with Crippen molar-refractivity contribution >= 4 is 34.4 Å². The van der Waals surface area contributed by atoms with Crippen LogP contribution in [-0.4, -0.2) is 20.2 Å². The summed E-state index contributed by atoms with van der Waals surface area (Å²) in [4.78, 5) is -0.0143. The van der Waals surface area contributed by atoms with Crippen molar-refractivity contribution < 1.29 is 10.2 Å². The third-order valence-electron chi connectivity index (χ3n) is 1.64. The summed E-state index contributed by atoms with van der Waals surface area (Å²) in [5, 5.41) is 18.9. The second kappa shape index (κ2) is 3.77. The highest BCUT2D eigenvalue weighted by Crippen LogP contribution is 2.26. The van der Waals surface area contributed by atoms with E-state index in [2.05, 4.69) is 24.4 Å². The molecule has 0 saturated heterocycles. The zero-order valence-corrected chi connectivity index (χ0v) is 8.65. The zero-order valence-electron chi connectivity index (χ0n) is 7.02. The van der Waals surface area contributed by atoms with Gasteiger partial charge in [0.2, 0.25) is 0 Å². The first-order chi connectivity index (χ1) is 6.43. The van der Waals surface area contributed by atoms with E-state index in [9.17, 15) is 10.2 Å². The van der Waals surface area contributed by atoms with Crippen LogP contribution in [0.2, 0.25) is 0 Å². The summed E-state index contributed by atoms with van der Waals surface area (Å²) in [6, 6.07) is 2.46. The summed E-state index contributed by atoms with van der Waals surface area (Å²) in [6.45, 7) is 0. The monoisotopic (exact) mass is 228 g/mol. The van der Waals surface area contributed by atoms with Crippen molar-refractivity contribution in [2.24, 2.45) is 11.5 Å². The van der Waals surface area contributed by atoms with Crippen molar-refractivity contribution in [2.75, 3.05) is 0 Å². The minimum atomic E-state index is -0.155. The Hall–Kier alpha value is -1.40. The summed E-state index contributed by atoms with van der Waals surface area (Å²) in [7, 11) is 0. The fraction of sp³-hybridized carbons (Fsp3) is 0. The molecule has 0 saturated carbocycles. The van der Waals surface area contributed by atoms with Crippen LogP contribution in [0.4, 0.5) is 0 Å². The van der Waals surface area contributed by atoms with E-state index >= 15 is 0 Å². The zero-order chi connectivity index (χ0) is 10.9. The molecule has 0 atom stereocenters. The van der Waals surface area contributed by atoms with E-state index in [4.69, 9.17) is 11.5 Å². The maximum atomic E-state index is 9.44. The van der Waals surface area contributed by atoms with Crippen LogP contribution in [0, 0.1) is 0 Å². The smallest absolute Gasteiger partial charge is 0.126 e. The summed E-state index contributed by atoms with van der Waals surface area (Å²) >= 11 is 9.32. The maximum absolute atomic E-state index is 9.44. The molecule has 0 heterocycles. The summed E-state index contributed by atoms with van der Waals surface area (Å²) < 4.78 is 0. The Morgan fingerprint density at radius 1 is 0.929 bits per heavy atom. The van der Waals surface area contributed by atoms with Gasteiger partial charge in [0, 0.05) is 0 Å². The molecule has 0 unspecified atom stereocenters. The normalized spacial score (nSPS) is 9.71. The predicted octanol–water partition coefficient (Wildman–Crippen LogP) is 0.366. The first-order valence-electron chi connectivity index (χ1n) is 3.59. The van der Waals surface area contributed by atoms with Crippen LogP contribution < -0.4 is 11.5 Å². The second-order valence-corrected chi connectivity index (χ2v) is 3.49. The van der Waals surface area contributed by atoms with Crippen LogP contribution in [-0.2, 0) is 0 Å². The molecule has 6 heteroatoms. The minimum Gasteiger partial charge on any atom is -0.507 e. The van der Waals surface area contributed by atoms with Crippen LogP contribution in [0.3, 0.4) is 0 Å². The molecule has 1 aromatic rings. The molecule has 0 fully saturated rings. The highest BCUT2D eigenvalue weighted by molar-refractivity contribution is 7.81. The number of hydrogen-bond donors (Lipinski definition) is 4. The molecule has 0 bridgehead atoms. The van der Waals surface area contributed by atoms with Gasteiger partial charge in [-0.15, -0.1) is 0 Å². The van der Waals surface area contributed by atoms with Gasteiger partial charge in [0.25, 0.3) is 0 Å². The Morgan fingerprint density at radius 3 is 1.43 bits per heavy atom. The molecule has 1 aromatic carbocycles. The van der Waals surface area contributed by atoms with E-state index in [0.717, 1.165) is 0 Å². The SMILES string of the molecule is NC(=S)c1cc(O)c(C(N)=S)cc1O.